The number of nitrogens with one attached hydrogen (secondary N) is 1. The molecule has 0 aliphatic carbocycles. The van der Waals surface area contributed by atoms with Gasteiger partial charge in [-0.2, -0.15) is 11.8 Å². The normalized spacial score (nSPS) is 24.6. The van der Waals surface area contributed by atoms with E-state index in [-0.39, 0.29) is 0 Å². The van der Waals surface area contributed by atoms with Crippen LogP contribution in [0.25, 0.3) is 0 Å². The van der Waals surface area contributed by atoms with E-state index < -0.39 is 0 Å². The molecule has 1 aromatic carbocycles. The number of thioether (sulfide) groups is 1. The maximum Gasteiger partial charge on any atom is 0.0288 e. The summed E-state index contributed by atoms with van der Waals surface area (Å²) in [5.74, 6) is 1.33. The van der Waals surface area contributed by atoms with Gasteiger partial charge in [0.1, 0.15) is 0 Å². The molecular formula is C17H27NS. The molecule has 106 valence electrons. The van der Waals surface area contributed by atoms with Crippen molar-refractivity contribution in [2.24, 2.45) is 0 Å². The lowest BCUT2D eigenvalue weighted by Gasteiger charge is -2.34. The Morgan fingerprint density at radius 2 is 2.16 bits per heavy atom. The van der Waals surface area contributed by atoms with Gasteiger partial charge in [-0.15, -0.1) is 0 Å². The smallest absolute Gasteiger partial charge is 0.0288 e. The van der Waals surface area contributed by atoms with Crippen molar-refractivity contribution in [2.75, 3.05) is 12.3 Å². The second-order valence-electron chi connectivity index (χ2n) is 5.90. The first-order valence-electron chi connectivity index (χ1n) is 7.57. The van der Waals surface area contributed by atoms with Crippen molar-refractivity contribution in [2.45, 2.75) is 57.2 Å². The van der Waals surface area contributed by atoms with E-state index in [1.165, 1.54) is 36.1 Å². The highest BCUT2D eigenvalue weighted by Crippen LogP contribution is 2.41. The van der Waals surface area contributed by atoms with Crippen LogP contribution < -0.4 is 5.32 Å². The van der Waals surface area contributed by atoms with Crippen LogP contribution >= 0.6 is 11.8 Å². The van der Waals surface area contributed by atoms with Gasteiger partial charge in [0.2, 0.25) is 0 Å². The number of hydrogen-bond donors (Lipinski definition) is 1. The first-order chi connectivity index (χ1) is 9.15. The molecule has 19 heavy (non-hydrogen) atoms. The van der Waals surface area contributed by atoms with Crippen molar-refractivity contribution in [3.8, 4) is 0 Å². The summed E-state index contributed by atoms with van der Waals surface area (Å²) >= 11 is 2.17. The van der Waals surface area contributed by atoms with Crippen molar-refractivity contribution in [1.29, 1.82) is 0 Å². The summed E-state index contributed by atoms with van der Waals surface area (Å²) < 4.78 is 0.414. The van der Waals surface area contributed by atoms with Crippen molar-refractivity contribution >= 4 is 11.8 Å². The Bertz CT molecular complexity index is 396. The van der Waals surface area contributed by atoms with Crippen LogP contribution in [-0.2, 0) is 6.42 Å². The van der Waals surface area contributed by atoms with E-state index in [1.807, 2.05) is 0 Å². The Kier molecular flexibility index (Phi) is 5.35. The third-order valence-corrected chi connectivity index (χ3v) is 5.95. The molecule has 0 aromatic heterocycles. The first-order valence-corrected chi connectivity index (χ1v) is 8.56. The molecule has 0 saturated carbocycles. The second kappa shape index (κ2) is 6.81. The number of hydrogen-bond acceptors (Lipinski definition) is 2. The van der Waals surface area contributed by atoms with Gasteiger partial charge in [0.15, 0.2) is 0 Å². The van der Waals surface area contributed by atoms with E-state index in [0.29, 0.717) is 10.8 Å². The van der Waals surface area contributed by atoms with E-state index >= 15 is 0 Å². The van der Waals surface area contributed by atoms with Crippen LogP contribution in [0.3, 0.4) is 0 Å². The molecule has 1 saturated heterocycles. The molecule has 2 heteroatoms. The zero-order valence-electron chi connectivity index (χ0n) is 12.5. The Labute approximate surface area is 122 Å². The van der Waals surface area contributed by atoms with Crippen molar-refractivity contribution in [3.05, 3.63) is 35.4 Å². The average molecular weight is 277 g/mol. The van der Waals surface area contributed by atoms with E-state index in [4.69, 9.17) is 0 Å². The van der Waals surface area contributed by atoms with Gasteiger partial charge < -0.3 is 5.32 Å². The Morgan fingerprint density at radius 1 is 1.37 bits per heavy atom. The fourth-order valence-corrected chi connectivity index (χ4v) is 4.37. The lowest BCUT2D eigenvalue weighted by Crippen LogP contribution is -2.47. The van der Waals surface area contributed by atoms with Crippen LogP contribution in [0.15, 0.2) is 24.3 Å². The summed E-state index contributed by atoms with van der Waals surface area (Å²) in [7, 11) is 0. The molecule has 1 aliphatic heterocycles. The summed E-state index contributed by atoms with van der Waals surface area (Å²) in [6, 6.07) is 9.43. The number of rotatable bonds is 6. The van der Waals surface area contributed by atoms with Crippen LogP contribution in [0.1, 0.15) is 44.2 Å². The summed E-state index contributed by atoms with van der Waals surface area (Å²) in [5.41, 5.74) is 2.93. The molecule has 1 nitrogen and oxygen atoms in total. The average Bonchev–Trinajstić information content (AvgIpc) is 2.84. The van der Waals surface area contributed by atoms with Gasteiger partial charge in [-0.25, -0.2) is 0 Å². The Morgan fingerprint density at radius 3 is 2.79 bits per heavy atom. The predicted octanol–water partition coefficient (Wildman–Crippen LogP) is 4.19. The van der Waals surface area contributed by atoms with Crippen LogP contribution in [-0.4, -0.2) is 23.1 Å². The van der Waals surface area contributed by atoms with Gasteiger partial charge >= 0.3 is 0 Å². The Hall–Kier alpha value is -0.470. The monoisotopic (exact) mass is 277 g/mol. The summed E-state index contributed by atoms with van der Waals surface area (Å²) in [4.78, 5) is 0. The molecule has 0 spiro atoms. The van der Waals surface area contributed by atoms with E-state index in [1.54, 1.807) is 0 Å². The SMILES string of the molecule is CCCNC(Cc1ccccc1C)C1(C)CCCS1. The van der Waals surface area contributed by atoms with E-state index in [2.05, 4.69) is 62.1 Å². The molecule has 1 heterocycles. The van der Waals surface area contributed by atoms with Gasteiger partial charge in [0, 0.05) is 10.8 Å². The molecule has 1 fully saturated rings. The van der Waals surface area contributed by atoms with Crippen LogP contribution in [0.5, 0.6) is 0 Å². The zero-order valence-corrected chi connectivity index (χ0v) is 13.4. The lowest BCUT2D eigenvalue weighted by atomic mass is 9.89. The minimum atomic E-state index is 0.414. The van der Waals surface area contributed by atoms with Crippen LogP contribution in [0, 0.1) is 6.92 Å². The summed E-state index contributed by atoms with van der Waals surface area (Å²) in [5, 5.41) is 3.81. The lowest BCUT2D eigenvalue weighted by molar-refractivity contribution is 0.398. The summed E-state index contributed by atoms with van der Waals surface area (Å²) in [6.07, 6.45) is 5.10. The van der Waals surface area contributed by atoms with Crippen molar-refractivity contribution < 1.29 is 0 Å². The van der Waals surface area contributed by atoms with Crippen molar-refractivity contribution in [3.63, 3.8) is 0 Å². The summed E-state index contributed by atoms with van der Waals surface area (Å²) in [6.45, 7) is 8.07. The standard InChI is InChI=1S/C17H27NS/c1-4-11-18-16(17(3)10-7-12-19-17)13-15-9-6-5-8-14(15)2/h5-6,8-9,16,18H,4,7,10-13H2,1-3H3. The molecule has 0 amide bonds. The zero-order chi connectivity index (χ0) is 13.7. The third-order valence-electron chi connectivity index (χ3n) is 4.31. The quantitative estimate of drug-likeness (QED) is 0.836. The van der Waals surface area contributed by atoms with E-state index in [0.717, 1.165) is 13.0 Å². The highest BCUT2D eigenvalue weighted by Gasteiger charge is 2.37. The molecule has 0 bridgehead atoms. The van der Waals surface area contributed by atoms with Gasteiger partial charge in [-0.3, -0.25) is 0 Å². The molecule has 1 N–H and O–H groups in total. The highest BCUT2D eigenvalue weighted by atomic mass is 32.2. The first kappa shape index (κ1) is 14.9. The molecule has 2 unspecified atom stereocenters. The number of aryl methyl sites for hydroxylation is 1. The van der Waals surface area contributed by atoms with Crippen LogP contribution in [0.4, 0.5) is 0 Å². The van der Waals surface area contributed by atoms with Gasteiger partial charge in [-0.05, 0) is 63.0 Å². The molecular weight excluding hydrogens is 250 g/mol. The maximum atomic E-state index is 3.81. The molecule has 2 rings (SSSR count). The molecule has 1 aromatic rings. The highest BCUT2D eigenvalue weighted by molar-refractivity contribution is 8.00. The molecule has 1 aliphatic rings. The van der Waals surface area contributed by atoms with E-state index in [9.17, 15) is 0 Å². The third kappa shape index (κ3) is 3.76. The fourth-order valence-electron chi connectivity index (χ4n) is 2.96. The minimum absolute atomic E-state index is 0.414. The maximum absolute atomic E-state index is 3.81. The topological polar surface area (TPSA) is 12.0 Å². The van der Waals surface area contributed by atoms with Gasteiger partial charge in [-0.1, -0.05) is 31.2 Å². The van der Waals surface area contributed by atoms with Crippen molar-refractivity contribution in [1.82, 2.24) is 5.32 Å². The predicted molar refractivity (Wildman–Crippen MR) is 87.1 cm³/mol. The Balaban J connectivity index is 2.11. The largest absolute Gasteiger partial charge is 0.312 e. The molecule has 2 atom stereocenters. The number of benzene rings is 1. The minimum Gasteiger partial charge on any atom is -0.312 e. The van der Waals surface area contributed by atoms with Crippen LogP contribution in [0.2, 0.25) is 0 Å². The van der Waals surface area contributed by atoms with Gasteiger partial charge in [0.05, 0.1) is 0 Å². The molecule has 0 radical (unpaired) electrons. The second-order valence-corrected chi connectivity index (χ2v) is 7.53. The van der Waals surface area contributed by atoms with Gasteiger partial charge in [0.25, 0.3) is 0 Å². The fraction of sp³-hybridized carbons (Fsp3) is 0.647.